The second kappa shape index (κ2) is 11.5. The minimum atomic E-state index is 0.559. The summed E-state index contributed by atoms with van der Waals surface area (Å²) in [5, 5.41) is 8.70. The number of hydrogen-bond acceptors (Lipinski definition) is 4. The molecule has 0 radical (unpaired) electrons. The highest BCUT2D eigenvalue weighted by Crippen LogP contribution is 2.26. The number of isocyanates is 1. The van der Waals surface area contributed by atoms with Gasteiger partial charge in [-0.3, -0.25) is 0 Å². The summed E-state index contributed by atoms with van der Waals surface area (Å²) in [7, 11) is 0. The van der Waals surface area contributed by atoms with Crippen LogP contribution in [0.5, 0.6) is 5.75 Å². The average Bonchev–Trinajstić information content (AvgIpc) is 2.87. The number of nitriles is 1. The molecular weight excluding hydrogens is 456 g/mol. The highest BCUT2D eigenvalue weighted by Gasteiger charge is 2.11. The van der Waals surface area contributed by atoms with Crippen LogP contribution < -0.4 is 4.74 Å². The number of hydrogen-bond donors (Lipinski definition) is 0. The van der Waals surface area contributed by atoms with E-state index in [1.807, 2.05) is 48.5 Å². The van der Waals surface area contributed by atoms with Crippen LogP contribution in [0.4, 0.5) is 5.69 Å². The number of aliphatic imine (C=N–C) groups is 1. The minimum Gasteiger partial charge on any atom is -0.388 e. The molecule has 4 nitrogen and oxygen atoms in total. The topological polar surface area (TPSA) is 62.4 Å². The molecule has 0 heterocycles. The van der Waals surface area contributed by atoms with E-state index in [4.69, 9.17) is 10.00 Å². The Morgan fingerprint density at radius 2 is 1.08 bits per heavy atom. The average molecular weight is 487 g/mol. The normalized spacial score (nSPS) is 10.5. The van der Waals surface area contributed by atoms with Crippen molar-refractivity contribution in [2.75, 3.05) is 0 Å². The maximum absolute atomic E-state index is 10.5. The van der Waals surface area contributed by atoms with E-state index in [0.29, 0.717) is 11.4 Å². The third-order valence-corrected chi connectivity index (χ3v) is 6.96. The van der Waals surface area contributed by atoms with Crippen molar-refractivity contribution in [3.05, 3.63) is 128 Å². The van der Waals surface area contributed by atoms with E-state index >= 15 is 0 Å². The van der Waals surface area contributed by atoms with Crippen molar-refractivity contribution in [2.24, 2.45) is 4.99 Å². The second-order valence-corrected chi connectivity index (χ2v) is 9.65. The molecule has 184 valence electrons. The van der Waals surface area contributed by atoms with Gasteiger partial charge in [-0.2, -0.15) is 4.99 Å². The second-order valence-electron chi connectivity index (χ2n) is 9.65. The van der Waals surface area contributed by atoms with Crippen LogP contribution in [0.1, 0.15) is 55.6 Å². The van der Waals surface area contributed by atoms with Crippen molar-refractivity contribution in [2.45, 2.75) is 47.0 Å². The van der Waals surface area contributed by atoms with Crippen LogP contribution >= 0.6 is 0 Å². The summed E-state index contributed by atoms with van der Waals surface area (Å²) in [6, 6.07) is 24.7. The molecule has 0 aromatic heterocycles. The van der Waals surface area contributed by atoms with Gasteiger partial charge in [0, 0.05) is 0 Å². The van der Waals surface area contributed by atoms with Crippen molar-refractivity contribution in [1.29, 1.82) is 5.26 Å². The van der Waals surface area contributed by atoms with Crippen molar-refractivity contribution >= 4 is 11.8 Å². The van der Waals surface area contributed by atoms with Crippen LogP contribution in [0.3, 0.4) is 0 Å². The first-order valence-electron chi connectivity index (χ1n) is 12.4. The van der Waals surface area contributed by atoms with Crippen molar-refractivity contribution < 1.29 is 9.53 Å². The first-order valence-corrected chi connectivity index (χ1v) is 12.4. The zero-order valence-corrected chi connectivity index (χ0v) is 21.8. The van der Waals surface area contributed by atoms with Gasteiger partial charge in [0.05, 0.1) is 5.69 Å². The summed E-state index contributed by atoms with van der Waals surface area (Å²) in [6.45, 7) is 8.71. The molecule has 4 aromatic carbocycles. The maximum Gasteiger partial charge on any atom is 0.292 e. The highest BCUT2D eigenvalue weighted by atomic mass is 16.5. The molecule has 0 aliphatic heterocycles. The molecule has 0 aliphatic carbocycles. The van der Waals surface area contributed by atoms with E-state index < -0.39 is 0 Å². The van der Waals surface area contributed by atoms with E-state index in [1.54, 1.807) is 12.3 Å². The van der Waals surface area contributed by atoms with Gasteiger partial charge in [-0.05, 0) is 127 Å². The van der Waals surface area contributed by atoms with Crippen LogP contribution in [0.25, 0.3) is 0 Å². The molecule has 0 fully saturated rings. The fourth-order valence-electron chi connectivity index (χ4n) is 4.77. The summed E-state index contributed by atoms with van der Waals surface area (Å²) in [4.78, 5) is 14.2. The van der Waals surface area contributed by atoms with Crippen molar-refractivity contribution in [1.82, 2.24) is 0 Å². The molecule has 0 saturated carbocycles. The fraction of sp³-hybridized carbons (Fsp3) is 0.212. The van der Waals surface area contributed by atoms with Gasteiger partial charge in [-0.25, -0.2) is 4.79 Å². The Labute approximate surface area is 218 Å². The number of aryl methyl sites for hydroxylation is 4. The first-order chi connectivity index (χ1) is 17.9. The third-order valence-electron chi connectivity index (χ3n) is 6.96. The monoisotopic (exact) mass is 486 g/mol. The Morgan fingerprint density at radius 3 is 1.51 bits per heavy atom. The summed E-state index contributed by atoms with van der Waals surface area (Å²) in [5.41, 5.74) is 13.4. The quantitative estimate of drug-likeness (QED) is 0.147. The van der Waals surface area contributed by atoms with Crippen LogP contribution in [0, 0.1) is 39.2 Å². The molecule has 0 N–H and O–H groups in total. The maximum atomic E-state index is 10.5. The predicted octanol–water partition coefficient (Wildman–Crippen LogP) is 7.52. The lowest BCUT2D eigenvalue weighted by Gasteiger charge is -2.16. The predicted molar refractivity (Wildman–Crippen MR) is 147 cm³/mol. The lowest BCUT2D eigenvalue weighted by Crippen LogP contribution is -2.02. The van der Waals surface area contributed by atoms with Gasteiger partial charge in [-0.15, -0.1) is 5.26 Å². The Kier molecular flexibility index (Phi) is 7.98. The van der Waals surface area contributed by atoms with Gasteiger partial charge in [0.1, 0.15) is 5.75 Å². The SMILES string of the molecule is Cc1cc(C)c(Cc2cc(Cc3ccc(OC#N)cc3)c(C)cc2C)cc1Cc1ccc(N=C=O)cc1. The van der Waals surface area contributed by atoms with E-state index in [0.717, 1.165) is 19.3 Å². The standard InChI is InChI=1S/C33H30N2O2/c1-22-13-24(3)30(17-28(22)15-26-5-9-32(10-6-26)35-21-36)19-31-18-29(23(2)14-25(31)4)16-27-7-11-33(12-8-27)37-20-34/h5-14,17-18H,15-16,19H2,1-4H3. The highest BCUT2D eigenvalue weighted by molar-refractivity contribution is 5.50. The van der Waals surface area contributed by atoms with Gasteiger partial charge >= 0.3 is 0 Å². The minimum absolute atomic E-state index is 0.559. The Bertz CT molecular complexity index is 1500. The summed E-state index contributed by atoms with van der Waals surface area (Å²) in [5.74, 6) is 0.559. The summed E-state index contributed by atoms with van der Waals surface area (Å²) < 4.78 is 4.91. The molecule has 37 heavy (non-hydrogen) atoms. The van der Waals surface area contributed by atoms with E-state index in [1.165, 1.54) is 55.6 Å². The number of carbonyl (C=O) groups excluding carboxylic acids is 1. The third kappa shape index (κ3) is 6.41. The first kappa shape index (κ1) is 25.6. The number of benzene rings is 4. The van der Waals surface area contributed by atoms with E-state index in [2.05, 4.69) is 57.0 Å². The van der Waals surface area contributed by atoms with Crippen LogP contribution in [-0.2, 0) is 24.1 Å². The van der Waals surface area contributed by atoms with Crippen LogP contribution in [0.15, 0.2) is 77.8 Å². The lowest BCUT2D eigenvalue weighted by atomic mass is 9.89. The summed E-state index contributed by atoms with van der Waals surface area (Å²) >= 11 is 0. The van der Waals surface area contributed by atoms with Crippen LogP contribution in [-0.4, -0.2) is 6.08 Å². The molecule has 0 saturated heterocycles. The fourth-order valence-corrected chi connectivity index (χ4v) is 4.77. The Balaban J connectivity index is 1.58. The lowest BCUT2D eigenvalue weighted by molar-refractivity contribution is 0.507. The van der Waals surface area contributed by atoms with Crippen molar-refractivity contribution in [3.63, 3.8) is 0 Å². The molecule has 4 heteroatoms. The molecule has 0 atom stereocenters. The number of rotatable bonds is 8. The van der Waals surface area contributed by atoms with Gasteiger partial charge in [-0.1, -0.05) is 48.5 Å². The molecule has 0 amide bonds. The number of ether oxygens (including phenoxy) is 1. The Morgan fingerprint density at radius 1 is 0.649 bits per heavy atom. The molecule has 4 aromatic rings. The van der Waals surface area contributed by atoms with Gasteiger partial charge in [0.25, 0.3) is 6.26 Å². The molecule has 0 bridgehead atoms. The van der Waals surface area contributed by atoms with E-state index in [-0.39, 0.29) is 0 Å². The molecule has 4 rings (SSSR count). The van der Waals surface area contributed by atoms with Crippen LogP contribution in [0.2, 0.25) is 0 Å². The van der Waals surface area contributed by atoms with Gasteiger partial charge in [0.15, 0.2) is 0 Å². The molecule has 0 spiro atoms. The largest absolute Gasteiger partial charge is 0.388 e. The zero-order chi connectivity index (χ0) is 26.4. The smallest absolute Gasteiger partial charge is 0.292 e. The molecule has 0 unspecified atom stereocenters. The number of nitrogens with zero attached hydrogens (tertiary/aromatic N) is 2. The van der Waals surface area contributed by atoms with E-state index in [9.17, 15) is 4.79 Å². The van der Waals surface area contributed by atoms with Gasteiger partial charge < -0.3 is 4.74 Å². The molecule has 0 aliphatic rings. The Hall–Kier alpha value is -4.45. The van der Waals surface area contributed by atoms with Gasteiger partial charge in [0.2, 0.25) is 6.08 Å². The zero-order valence-electron chi connectivity index (χ0n) is 21.8. The molecular formula is C33H30N2O2. The summed E-state index contributed by atoms with van der Waals surface area (Å²) in [6.07, 6.45) is 5.84. The van der Waals surface area contributed by atoms with Crippen molar-refractivity contribution in [3.8, 4) is 12.0 Å².